The van der Waals surface area contributed by atoms with E-state index in [-0.39, 0.29) is 6.54 Å². The molecule has 1 aromatic carbocycles. The molecule has 0 radical (unpaired) electrons. The Morgan fingerprint density at radius 1 is 1.47 bits per heavy atom. The van der Waals surface area contributed by atoms with Crippen molar-refractivity contribution in [3.05, 3.63) is 23.8 Å². The zero-order valence-corrected chi connectivity index (χ0v) is 10.5. The first-order chi connectivity index (χ1) is 9.24. The number of nitrogens with one attached hydrogen (secondary N) is 1. The Hall–Kier alpha value is -2.26. The number of carbonyl (C=O) groups is 1. The summed E-state index contributed by atoms with van der Waals surface area (Å²) < 4.78 is 15.4. The second kappa shape index (κ2) is 6.07. The van der Waals surface area contributed by atoms with Gasteiger partial charge < -0.3 is 14.2 Å². The molecule has 6 nitrogen and oxygen atoms in total. The van der Waals surface area contributed by atoms with Crippen LogP contribution in [0.3, 0.4) is 0 Å². The average Bonchev–Trinajstić information content (AvgIpc) is 2.47. The number of fused-ring (bicyclic) bond motifs is 1. The number of nitriles is 1. The average molecular weight is 262 g/mol. The predicted molar refractivity (Wildman–Crippen MR) is 65.8 cm³/mol. The van der Waals surface area contributed by atoms with Gasteiger partial charge in [-0.2, -0.15) is 5.26 Å². The van der Waals surface area contributed by atoms with Crippen molar-refractivity contribution in [2.75, 3.05) is 26.9 Å². The van der Waals surface area contributed by atoms with Gasteiger partial charge in [0.05, 0.1) is 19.7 Å². The number of nitrogens with zero attached hydrogens (tertiary/aromatic N) is 1. The lowest BCUT2D eigenvalue weighted by molar-refractivity contribution is -0.139. The van der Waals surface area contributed by atoms with Gasteiger partial charge in [-0.05, 0) is 17.7 Å². The van der Waals surface area contributed by atoms with Gasteiger partial charge in [-0.15, -0.1) is 0 Å². The second-order valence-electron chi connectivity index (χ2n) is 3.92. The molecule has 1 N–H and O–H groups in total. The van der Waals surface area contributed by atoms with Gasteiger partial charge in [0.2, 0.25) is 0 Å². The molecule has 1 aliphatic heterocycles. The molecule has 0 saturated carbocycles. The molecule has 0 saturated heterocycles. The molecule has 19 heavy (non-hydrogen) atoms. The third kappa shape index (κ3) is 3.14. The van der Waals surface area contributed by atoms with Crippen LogP contribution in [0.1, 0.15) is 11.6 Å². The molecule has 1 atom stereocenters. The van der Waals surface area contributed by atoms with Crippen LogP contribution in [0.15, 0.2) is 18.2 Å². The van der Waals surface area contributed by atoms with Crippen molar-refractivity contribution in [3.8, 4) is 17.6 Å². The highest BCUT2D eigenvalue weighted by molar-refractivity contribution is 5.71. The van der Waals surface area contributed by atoms with Gasteiger partial charge in [0.1, 0.15) is 19.3 Å². The van der Waals surface area contributed by atoms with Crippen molar-refractivity contribution in [1.82, 2.24) is 5.32 Å². The van der Waals surface area contributed by atoms with Crippen LogP contribution in [0.25, 0.3) is 0 Å². The molecule has 1 aromatic rings. The number of hydrogen-bond donors (Lipinski definition) is 1. The Morgan fingerprint density at radius 2 is 2.21 bits per heavy atom. The highest BCUT2D eigenvalue weighted by Gasteiger charge is 2.17. The Labute approximate surface area is 110 Å². The van der Waals surface area contributed by atoms with Crippen molar-refractivity contribution in [2.45, 2.75) is 6.04 Å². The van der Waals surface area contributed by atoms with Crippen LogP contribution in [0.5, 0.6) is 11.5 Å². The first-order valence-corrected chi connectivity index (χ1v) is 5.84. The quantitative estimate of drug-likeness (QED) is 0.808. The topological polar surface area (TPSA) is 80.6 Å². The minimum Gasteiger partial charge on any atom is -0.486 e. The van der Waals surface area contributed by atoms with Gasteiger partial charge in [-0.25, -0.2) is 0 Å². The SMILES string of the molecule is COC(=O)CNC(C#N)c1ccc2c(c1)OCCO2. The van der Waals surface area contributed by atoms with Crippen LogP contribution in [-0.2, 0) is 9.53 Å². The van der Waals surface area contributed by atoms with Crippen LogP contribution in [0.4, 0.5) is 0 Å². The predicted octanol–water partition coefficient (Wildman–Crippen LogP) is 0.785. The van der Waals surface area contributed by atoms with E-state index in [9.17, 15) is 4.79 Å². The molecule has 0 aliphatic carbocycles. The number of benzene rings is 1. The zero-order chi connectivity index (χ0) is 13.7. The van der Waals surface area contributed by atoms with Gasteiger partial charge in [-0.1, -0.05) is 6.07 Å². The lowest BCUT2D eigenvalue weighted by Crippen LogP contribution is -2.27. The summed E-state index contributed by atoms with van der Waals surface area (Å²) in [4.78, 5) is 11.1. The fraction of sp³-hybridized carbons (Fsp3) is 0.385. The number of esters is 1. The van der Waals surface area contributed by atoms with E-state index in [1.165, 1.54) is 7.11 Å². The molecule has 6 heteroatoms. The standard InChI is InChI=1S/C13H14N2O4/c1-17-13(16)8-15-10(7-14)9-2-3-11-12(6-9)19-5-4-18-11/h2-3,6,10,15H,4-5,8H2,1H3. The smallest absolute Gasteiger partial charge is 0.319 e. The number of ether oxygens (including phenoxy) is 3. The van der Waals surface area contributed by atoms with E-state index in [0.29, 0.717) is 24.7 Å². The minimum atomic E-state index is -0.602. The van der Waals surface area contributed by atoms with Crippen molar-refractivity contribution in [1.29, 1.82) is 5.26 Å². The van der Waals surface area contributed by atoms with Crippen LogP contribution in [-0.4, -0.2) is 32.8 Å². The lowest BCUT2D eigenvalue weighted by Gasteiger charge is -2.20. The van der Waals surface area contributed by atoms with Crippen LogP contribution < -0.4 is 14.8 Å². The van der Waals surface area contributed by atoms with Gasteiger partial charge >= 0.3 is 5.97 Å². The summed E-state index contributed by atoms with van der Waals surface area (Å²) in [6, 6.07) is 6.76. The Kier molecular flexibility index (Phi) is 4.21. The number of carbonyl (C=O) groups excluding carboxylic acids is 1. The molecule has 1 aliphatic rings. The Morgan fingerprint density at radius 3 is 2.89 bits per heavy atom. The van der Waals surface area contributed by atoms with Crippen LogP contribution in [0.2, 0.25) is 0 Å². The van der Waals surface area contributed by atoms with E-state index in [4.69, 9.17) is 14.7 Å². The minimum absolute atomic E-state index is 0.0246. The van der Waals surface area contributed by atoms with Crippen molar-refractivity contribution in [2.24, 2.45) is 0 Å². The molecular weight excluding hydrogens is 248 g/mol. The number of methoxy groups -OCH3 is 1. The van der Waals surface area contributed by atoms with E-state index in [1.54, 1.807) is 18.2 Å². The van der Waals surface area contributed by atoms with E-state index in [0.717, 1.165) is 5.56 Å². The maximum absolute atomic E-state index is 11.1. The highest BCUT2D eigenvalue weighted by atomic mass is 16.6. The Balaban J connectivity index is 2.10. The largest absolute Gasteiger partial charge is 0.486 e. The first kappa shape index (κ1) is 13.2. The van der Waals surface area contributed by atoms with Gasteiger partial charge in [0.15, 0.2) is 11.5 Å². The van der Waals surface area contributed by atoms with Gasteiger partial charge in [-0.3, -0.25) is 10.1 Å². The molecule has 0 fully saturated rings. The van der Waals surface area contributed by atoms with Crippen molar-refractivity contribution in [3.63, 3.8) is 0 Å². The first-order valence-electron chi connectivity index (χ1n) is 5.84. The van der Waals surface area contributed by atoms with Crippen LogP contribution in [0, 0.1) is 11.3 Å². The molecule has 0 bridgehead atoms. The molecule has 1 heterocycles. The third-order valence-electron chi connectivity index (χ3n) is 2.71. The molecular formula is C13H14N2O4. The highest BCUT2D eigenvalue weighted by Crippen LogP contribution is 2.32. The summed E-state index contributed by atoms with van der Waals surface area (Å²) in [7, 11) is 1.30. The molecule has 0 amide bonds. The van der Waals surface area contributed by atoms with E-state index in [2.05, 4.69) is 16.1 Å². The second-order valence-corrected chi connectivity index (χ2v) is 3.92. The van der Waals surface area contributed by atoms with E-state index >= 15 is 0 Å². The fourth-order valence-electron chi connectivity index (χ4n) is 1.74. The maximum Gasteiger partial charge on any atom is 0.319 e. The molecule has 0 aromatic heterocycles. The molecule has 0 spiro atoms. The van der Waals surface area contributed by atoms with Crippen molar-refractivity contribution < 1.29 is 19.0 Å². The monoisotopic (exact) mass is 262 g/mol. The third-order valence-corrected chi connectivity index (χ3v) is 2.71. The summed E-state index contributed by atoms with van der Waals surface area (Å²) in [6.07, 6.45) is 0. The number of hydrogen-bond acceptors (Lipinski definition) is 6. The van der Waals surface area contributed by atoms with E-state index < -0.39 is 12.0 Å². The maximum atomic E-state index is 11.1. The lowest BCUT2D eigenvalue weighted by atomic mass is 10.1. The van der Waals surface area contributed by atoms with Crippen LogP contribution >= 0.6 is 0 Å². The fourth-order valence-corrected chi connectivity index (χ4v) is 1.74. The van der Waals surface area contributed by atoms with Crippen molar-refractivity contribution >= 4 is 5.97 Å². The molecule has 1 unspecified atom stereocenters. The number of rotatable bonds is 4. The van der Waals surface area contributed by atoms with E-state index in [1.807, 2.05) is 0 Å². The van der Waals surface area contributed by atoms with Gasteiger partial charge in [0, 0.05) is 0 Å². The summed E-state index contributed by atoms with van der Waals surface area (Å²) >= 11 is 0. The zero-order valence-electron chi connectivity index (χ0n) is 10.5. The summed E-state index contributed by atoms with van der Waals surface area (Å²) in [5.74, 6) is 0.862. The van der Waals surface area contributed by atoms with Gasteiger partial charge in [0.25, 0.3) is 0 Å². The normalized spacial score (nSPS) is 14.3. The molecule has 100 valence electrons. The molecule has 2 rings (SSSR count). The summed E-state index contributed by atoms with van der Waals surface area (Å²) in [5, 5.41) is 11.9. The Bertz CT molecular complexity index is 510. The summed E-state index contributed by atoms with van der Waals surface area (Å²) in [5.41, 5.74) is 0.718. The summed E-state index contributed by atoms with van der Waals surface area (Å²) in [6.45, 7) is 0.987.